The van der Waals surface area contributed by atoms with Crippen molar-refractivity contribution >= 4 is 17.6 Å². The van der Waals surface area contributed by atoms with Crippen LogP contribution < -0.4 is 0 Å². The highest BCUT2D eigenvalue weighted by Crippen LogP contribution is 2.29. The molecule has 0 saturated carbocycles. The zero-order valence-electron chi connectivity index (χ0n) is 10.7. The lowest BCUT2D eigenvalue weighted by molar-refractivity contribution is 0.0697. The van der Waals surface area contributed by atoms with E-state index in [1.54, 1.807) is 12.1 Å². The van der Waals surface area contributed by atoms with Gasteiger partial charge in [-0.2, -0.15) is 0 Å². The van der Waals surface area contributed by atoms with Crippen molar-refractivity contribution in [1.29, 1.82) is 0 Å². The molecule has 2 rings (SSSR count). The van der Waals surface area contributed by atoms with E-state index < -0.39 is 5.97 Å². The van der Waals surface area contributed by atoms with Crippen molar-refractivity contribution in [3.8, 4) is 11.1 Å². The molecule has 0 saturated heterocycles. The third-order valence-corrected chi connectivity index (χ3v) is 3.32. The minimum atomic E-state index is -0.942. The fourth-order valence-electron chi connectivity index (χ4n) is 2.06. The molecular formula is C16H15ClO2. The molecule has 0 aromatic heterocycles. The molecule has 2 aromatic rings. The standard InChI is InChI=1S/C16H15ClO2/c1-2-4-11-5-3-6-12(9-11)14-10-13(16(18)19)7-8-15(14)17/h3,5-10H,2,4H2,1H3,(H,18,19). The summed E-state index contributed by atoms with van der Waals surface area (Å²) >= 11 is 6.17. The highest BCUT2D eigenvalue weighted by molar-refractivity contribution is 6.33. The Kier molecular flexibility index (Phi) is 4.23. The van der Waals surface area contributed by atoms with E-state index in [0.717, 1.165) is 24.0 Å². The smallest absolute Gasteiger partial charge is 0.335 e. The van der Waals surface area contributed by atoms with E-state index in [2.05, 4.69) is 19.1 Å². The summed E-state index contributed by atoms with van der Waals surface area (Å²) < 4.78 is 0. The Hall–Kier alpha value is -1.80. The van der Waals surface area contributed by atoms with Gasteiger partial charge in [-0.3, -0.25) is 0 Å². The third kappa shape index (κ3) is 3.15. The molecule has 1 N–H and O–H groups in total. The van der Waals surface area contributed by atoms with E-state index in [1.165, 1.54) is 11.6 Å². The largest absolute Gasteiger partial charge is 0.478 e. The van der Waals surface area contributed by atoms with Crippen LogP contribution in [0.1, 0.15) is 29.3 Å². The highest BCUT2D eigenvalue weighted by atomic mass is 35.5. The Labute approximate surface area is 117 Å². The molecular weight excluding hydrogens is 260 g/mol. The first kappa shape index (κ1) is 13.6. The Morgan fingerprint density at radius 1 is 1.21 bits per heavy atom. The minimum Gasteiger partial charge on any atom is -0.478 e. The first-order valence-corrected chi connectivity index (χ1v) is 6.61. The van der Waals surface area contributed by atoms with Crippen LogP contribution >= 0.6 is 11.6 Å². The maximum atomic E-state index is 11.0. The number of carboxylic acid groups (broad SMARTS) is 1. The monoisotopic (exact) mass is 274 g/mol. The number of hydrogen-bond donors (Lipinski definition) is 1. The highest BCUT2D eigenvalue weighted by Gasteiger charge is 2.09. The number of carbonyl (C=O) groups is 1. The van der Waals surface area contributed by atoms with Gasteiger partial charge >= 0.3 is 5.97 Å². The summed E-state index contributed by atoms with van der Waals surface area (Å²) in [7, 11) is 0. The number of carboxylic acids is 1. The van der Waals surface area contributed by atoms with E-state index in [1.807, 2.05) is 12.1 Å². The van der Waals surface area contributed by atoms with Crippen molar-refractivity contribution in [2.75, 3.05) is 0 Å². The number of benzene rings is 2. The molecule has 98 valence electrons. The Bertz CT molecular complexity index is 605. The van der Waals surface area contributed by atoms with Crippen LogP contribution in [0.3, 0.4) is 0 Å². The lowest BCUT2D eigenvalue weighted by Crippen LogP contribution is -1.96. The molecule has 2 aromatic carbocycles. The van der Waals surface area contributed by atoms with Crippen LogP contribution in [0.5, 0.6) is 0 Å². The van der Waals surface area contributed by atoms with E-state index >= 15 is 0 Å². The van der Waals surface area contributed by atoms with E-state index in [0.29, 0.717) is 5.02 Å². The van der Waals surface area contributed by atoms with Gasteiger partial charge in [0.15, 0.2) is 0 Å². The average molecular weight is 275 g/mol. The molecule has 0 fully saturated rings. The van der Waals surface area contributed by atoms with Crippen molar-refractivity contribution in [2.45, 2.75) is 19.8 Å². The second-order valence-corrected chi connectivity index (χ2v) is 4.86. The van der Waals surface area contributed by atoms with Crippen LogP contribution in [0, 0.1) is 0 Å². The van der Waals surface area contributed by atoms with Crippen molar-refractivity contribution in [1.82, 2.24) is 0 Å². The Balaban J connectivity index is 2.48. The SMILES string of the molecule is CCCc1cccc(-c2cc(C(=O)O)ccc2Cl)c1. The van der Waals surface area contributed by atoms with Crippen LogP contribution in [0.2, 0.25) is 5.02 Å². The van der Waals surface area contributed by atoms with Crippen LogP contribution in [0.15, 0.2) is 42.5 Å². The van der Waals surface area contributed by atoms with Gasteiger partial charge in [0.25, 0.3) is 0 Å². The summed E-state index contributed by atoms with van der Waals surface area (Å²) in [6.07, 6.45) is 2.08. The summed E-state index contributed by atoms with van der Waals surface area (Å²) in [5.41, 5.74) is 3.20. The molecule has 0 aliphatic heterocycles. The number of aryl methyl sites for hydroxylation is 1. The molecule has 0 heterocycles. The fourth-order valence-corrected chi connectivity index (χ4v) is 2.29. The fraction of sp³-hybridized carbons (Fsp3) is 0.188. The quantitative estimate of drug-likeness (QED) is 0.880. The van der Waals surface area contributed by atoms with Gasteiger partial charge in [-0.25, -0.2) is 4.79 Å². The van der Waals surface area contributed by atoms with Gasteiger partial charge in [0.05, 0.1) is 5.56 Å². The summed E-state index contributed by atoms with van der Waals surface area (Å²) in [6.45, 7) is 2.13. The minimum absolute atomic E-state index is 0.250. The summed E-state index contributed by atoms with van der Waals surface area (Å²) in [4.78, 5) is 11.0. The van der Waals surface area contributed by atoms with Crippen LogP contribution in [-0.4, -0.2) is 11.1 Å². The first-order chi connectivity index (χ1) is 9.11. The molecule has 0 aliphatic carbocycles. The molecule has 0 bridgehead atoms. The van der Waals surface area contributed by atoms with Crippen LogP contribution in [-0.2, 0) is 6.42 Å². The molecule has 0 aliphatic rings. The summed E-state index contributed by atoms with van der Waals surface area (Å²) in [5.74, 6) is -0.942. The molecule has 2 nitrogen and oxygen atoms in total. The normalized spacial score (nSPS) is 10.4. The van der Waals surface area contributed by atoms with Crippen molar-refractivity contribution in [2.24, 2.45) is 0 Å². The van der Waals surface area contributed by atoms with Gasteiger partial charge in [0, 0.05) is 10.6 Å². The molecule has 0 atom stereocenters. The first-order valence-electron chi connectivity index (χ1n) is 6.24. The second-order valence-electron chi connectivity index (χ2n) is 4.45. The summed E-state index contributed by atoms with van der Waals surface area (Å²) in [6, 6.07) is 12.8. The van der Waals surface area contributed by atoms with Gasteiger partial charge in [-0.1, -0.05) is 49.2 Å². The van der Waals surface area contributed by atoms with Gasteiger partial charge in [0.2, 0.25) is 0 Å². The van der Waals surface area contributed by atoms with Gasteiger partial charge < -0.3 is 5.11 Å². The predicted octanol–water partition coefficient (Wildman–Crippen LogP) is 4.66. The van der Waals surface area contributed by atoms with E-state index in [4.69, 9.17) is 16.7 Å². The van der Waals surface area contributed by atoms with Crippen molar-refractivity contribution in [3.05, 3.63) is 58.6 Å². The lowest BCUT2D eigenvalue weighted by atomic mass is 9.99. The van der Waals surface area contributed by atoms with Gasteiger partial charge in [-0.15, -0.1) is 0 Å². The number of halogens is 1. The van der Waals surface area contributed by atoms with Crippen molar-refractivity contribution in [3.63, 3.8) is 0 Å². The molecule has 3 heteroatoms. The molecule has 0 radical (unpaired) electrons. The molecule has 0 spiro atoms. The zero-order valence-corrected chi connectivity index (χ0v) is 11.4. The number of hydrogen-bond acceptors (Lipinski definition) is 1. The predicted molar refractivity (Wildman–Crippen MR) is 77.8 cm³/mol. The van der Waals surface area contributed by atoms with Crippen molar-refractivity contribution < 1.29 is 9.90 Å². The maximum absolute atomic E-state index is 11.0. The van der Waals surface area contributed by atoms with E-state index in [9.17, 15) is 4.79 Å². The zero-order chi connectivity index (χ0) is 13.8. The average Bonchev–Trinajstić information content (AvgIpc) is 2.39. The van der Waals surface area contributed by atoms with Crippen LogP contribution in [0.25, 0.3) is 11.1 Å². The maximum Gasteiger partial charge on any atom is 0.335 e. The Morgan fingerprint density at radius 2 is 2.00 bits per heavy atom. The lowest BCUT2D eigenvalue weighted by Gasteiger charge is -2.08. The molecule has 0 unspecified atom stereocenters. The molecule has 0 amide bonds. The summed E-state index contributed by atoms with van der Waals surface area (Å²) in [5, 5.41) is 9.61. The number of aromatic carboxylic acids is 1. The number of rotatable bonds is 4. The van der Waals surface area contributed by atoms with Crippen LogP contribution in [0.4, 0.5) is 0 Å². The third-order valence-electron chi connectivity index (χ3n) is 2.99. The van der Waals surface area contributed by atoms with Gasteiger partial charge in [-0.05, 0) is 35.7 Å². The van der Waals surface area contributed by atoms with E-state index in [-0.39, 0.29) is 5.56 Å². The Morgan fingerprint density at radius 3 is 2.68 bits per heavy atom. The molecule has 19 heavy (non-hydrogen) atoms. The van der Waals surface area contributed by atoms with Gasteiger partial charge in [0.1, 0.15) is 0 Å². The topological polar surface area (TPSA) is 37.3 Å². The second kappa shape index (κ2) is 5.89.